The van der Waals surface area contributed by atoms with Gasteiger partial charge >= 0.3 is 5.97 Å². The Hall–Kier alpha value is -2.37. The molecule has 0 aliphatic heterocycles. The topological polar surface area (TPSA) is 75.7 Å². The normalized spacial score (nSPS) is 10.3. The first-order chi connectivity index (χ1) is 12.2. The molecule has 0 fully saturated rings. The van der Waals surface area contributed by atoms with Crippen molar-refractivity contribution in [2.45, 2.75) is 47.1 Å². The van der Waals surface area contributed by atoms with Gasteiger partial charge in [-0.2, -0.15) is 0 Å². The minimum Gasteiger partial charge on any atom is -0.467 e. The lowest BCUT2D eigenvalue weighted by Gasteiger charge is -2.15. The van der Waals surface area contributed by atoms with E-state index in [1.54, 1.807) is 19.0 Å². The van der Waals surface area contributed by atoms with Gasteiger partial charge in [0.2, 0.25) is 11.8 Å². The number of methoxy groups -OCH3 is 1. The fourth-order valence-electron chi connectivity index (χ4n) is 1.95. The number of benzene rings is 1. The van der Waals surface area contributed by atoms with Crippen molar-refractivity contribution in [2.24, 2.45) is 5.92 Å². The molecule has 6 heteroatoms. The second-order valence-electron chi connectivity index (χ2n) is 5.85. The summed E-state index contributed by atoms with van der Waals surface area (Å²) in [5.41, 5.74) is 0.978. The number of amides is 2. The van der Waals surface area contributed by atoms with Gasteiger partial charge in [0.15, 0.2) is 0 Å². The van der Waals surface area contributed by atoms with E-state index in [1.807, 2.05) is 58.0 Å². The molecule has 0 spiro atoms. The Kier molecular flexibility index (Phi) is 14.9. The Morgan fingerprint density at radius 1 is 1.08 bits per heavy atom. The summed E-state index contributed by atoms with van der Waals surface area (Å²) in [4.78, 5) is 34.7. The number of rotatable bonds is 5. The van der Waals surface area contributed by atoms with Crippen LogP contribution in [0.15, 0.2) is 30.3 Å². The maximum atomic E-state index is 11.4. The minimum absolute atomic E-state index is 0.130. The molecule has 2 amide bonds. The third-order valence-electron chi connectivity index (χ3n) is 3.08. The summed E-state index contributed by atoms with van der Waals surface area (Å²) < 4.78 is 4.63. The third-order valence-corrected chi connectivity index (χ3v) is 3.08. The van der Waals surface area contributed by atoms with E-state index in [0.717, 1.165) is 5.56 Å². The Labute approximate surface area is 157 Å². The van der Waals surface area contributed by atoms with Gasteiger partial charge in [0, 0.05) is 33.4 Å². The summed E-state index contributed by atoms with van der Waals surface area (Å²) in [6, 6.07) is 8.85. The second kappa shape index (κ2) is 14.9. The lowest BCUT2D eigenvalue weighted by molar-refractivity contribution is -0.144. The van der Waals surface area contributed by atoms with E-state index in [4.69, 9.17) is 0 Å². The zero-order valence-corrected chi connectivity index (χ0v) is 17.3. The van der Waals surface area contributed by atoms with E-state index in [9.17, 15) is 14.4 Å². The molecule has 0 bridgehead atoms. The molecule has 6 nitrogen and oxygen atoms in total. The quantitative estimate of drug-likeness (QED) is 0.813. The molecule has 0 aliphatic rings. The van der Waals surface area contributed by atoms with Crippen LogP contribution in [0.2, 0.25) is 0 Å². The number of carbonyl (C=O) groups is 3. The molecule has 0 aliphatic carbocycles. The molecule has 1 aromatic carbocycles. The number of ether oxygens (including phenoxy) is 1. The zero-order chi connectivity index (χ0) is 20.7. The molecule has 148 valence electrons. The average Bonchev–Trinajstić information content (AvgIpc) is 2.62. The van der Waals surface area contributed by atoms with Crippen LogP contribution in [0.5, 0.6) is 0 Å². The van der Waals surface area contributed by atoms with Crippen LogP contribution in [-0.2, 0) is 25.5 Å². The van der Waals surface area contributed by atoms with E-state index in [2.05, 4.69) is 10.1 Å². The standard InChI is InChI=1S/C12H15NO3.C6H13NO.C2H6/c1-9(14)13-11(12(15)16-2)8-10-6-4-3-5-7-10;1-5(2)6(8)7(3)4;1-2/h3-7,11H,8H2,1-2H3,(H,13,14);5H,1-4H3;1-2H3. The summed E-state index contributed by atoms with van der Waals surface area (Å²) in [6.45, 7) is 9.16. The number of nitrogens with one attached hydrogen (secondary N) is 1. The van der Waals surface area contributed by atoms with Crippen molar-refractivity contribution in [3.8, 4) is 0 Å². The Balaban J connectivity index is 0. The van der Waals surface area contributed by atoms with E-state index in [0.29, 0.717) is 6.42 Å². The predicted molar refractivity (Wildman–Crippen MR) is 105 cm³/mol. The molecule has 1 N–H and O–H groups in total. The molecule has 0 heterocycles. The van der Waals surface area contributed by atoms with Gasteiger partial charge in [0.25, 0.3) is 0 Å². The SMILES string of the molecule is CC.CC(C)C(=O)N(C)C.COC(=O)C(Cc1ccccc1)NC(C)=O. The van der Waals surface area contributed by atoms with Gasteiger partial charge in [-0.25, -0.2) is 4.79 Å². The van der Waals surface area contributed by atoms with E-state index in [-0.39, 0.29) is 17.7 Å². The van der Waals surface area contributed by atoms with Crippen molar-refractivity contribution < 1.29 is 19.1 Å². The van der Waals surface area contributed by atoms with Crippen LogP contribution in [0.1, 0.15) is 40.2 Å². The maximum Gasteiger partial charge on any atom is 0.328 e. The molecule has 1 rings (SSSR count). The number of nitrogens with zero attached hydrogens (tertiary/aromatic N) is 1. The van der Waals surface area contributed by atoms with Crippen molar-refractivity contribution in [3.05, 3.63) is 35.9 Å². The number of hydrogen-bond donors (Lipinski definition) is 1. The monoisotopic (exact) mass is 366 g/mol. The van der Waals surface area contributed by atoms with Crippen molar-refractivity contribution in [3.63, 3.8) is 0 Å². The number of hydrogen-bond acceptors (Lipinski definition) is 4. The summed E-state index contributed by atoms with van der Waals surface area (Å²) in [6.07, 6.45) is 0.438. The van der Waals surface area contributed by atoms with Crippen LogP contribution in [0.4, 0.5) is 0 Å². The van der Waals surface area contributed by atoms with Crippen LogP contribution in [0.25, 0.3) is 0 Å². The van der Waals surface area contributed by atoms with Gasteiger partial charge in [-0.3, -0.25) is 9.59 Å². The average molecular weight is 367 g/mol. The first kappa shape index (κ1) is 25.9. The first-order valence-electron chi connectivity index (χ1n) is 8.79. The van der Waals surface area contributed by atoms with Crippen LogP contribution >= 0.6 is 0 Å². The maximum absolute atomic E-state index is 11.4. The largest absolute Gasteiger partial charge is 0.467 e. The van der Waals surface area contributed by atoms with Gasteiger partial charge in [0.05, 0.1) is 7.11 Å². The molecule has 26 heavy (non-hydrogen) atoms. The van der Waals surface area contributed by atoms with Crippen molar-refractivity contribution in [2.75, 3.05) is 21.2 Å². The minimum atomic E-state index is -0.620. The van der Waals surface area contributed by atoms with Crippen molar-refractivity contribution >= 4 is 17.8 Å². The van der Waals surface area contributed by atoms with Gasteiger partial charge in [0.1, 0.15) is 6.04 Å². The molecule has 1 unspecified atom stereocenters. The summed E-state index contributed by atoms with van der Waals surface area (Å²) in [5, 5.41) is 2.57. The molecule has 1 aromatic rings. The van der Waals surface area contributed by atoms with Crippen LogP contribution < -0.4 is 5.32 Å². The number of esters is 1. The highest BCUT2D eigenvalue weighted by Gasteiger charge is 2.20. The fraction of sp³-hybridized carbons (Fsp3) is 0.550. The molecular weight excluding hydrogens is 332 g/mol. The van der Waals surface area contributed by atoms with Gasteiger partial charge in [-0.15, -0.1) is 0 Å². The van der Waals surface area contributed by atoms with Crippen LogP contribution in [0, 0.1) is 5.92 Å². The van der Waals surface area contributed by atoms with Crippen LogP contribution in [0.3, 0.4) is 0 Å². The predicted octanol–water partition coefficient (Wildman–Crippen LogP) is 2.66. The highest BCUT2D eigenvalue weighted by Crippen LogP contribution is 2.04. The van der Waals surface area contributed by atoms with Gasteiger partial charge < -0.3 is 15.0 Å². The Bertz CT molecular complexity index is 518. The lowest BCUT2D eigenvalue weighted by Crippen LogP contribution is -2.41. The molecule has 0 saturated heterocycles. The summed E-state index contributed by atoms with van der Waals surface area (Å²) in [7, 11) is 4.84. The first-order valence-corrected chi connectivity index (χ1v) is 8.79. The zero-order valence-electron chi connectivity index (χ0n) is 17.3. The summed E-state index contributed by atoms with van der Waals surface area (Å²) >= 11 is 0. The van der Waals surface area contributed by atoms with E-state index in [1.165, 1.54) is 14.0 Å². The Morgan fingerprint density at radius 3 is 1.88 bits per heavy atom. The van der Waals surface area contributed by atoms with Crippen LogP contribution in [-0.4, -0.2) is 49.9 Å². The summed E-state index contributed by atoms with van der Waals surface area (Å²) in [5.74, 6) is -0.361. The van der Waals surface area contributed by atoms with Gasteiger partial charge in [-0.05, 0) is 5.56 Å². The molecule has 1 atom stereocenters. The lowest BCUT2D eigenvalue weighted by atomic mass is 10.1. The highest BCUT2D eigenvalue weighted by molar-refractivity contribution is 5.83. The third kappa shape index (κ3) is 12.1. The van der Waals surface area contributed by atoms with Gasteiger partial charge in [-0.1, -0.05) is 58.0 Å². The molecule has 0 radical (unpaired) electrons. The molecule has 0 saturated carbocycles. The van der Waals surface area contributed by atoms with Crippen molar-refractivity contribution in [1.82, 2.24) is 10.2 Å². The highest BCUT2D eigenvalue weighted by atomic mass is 16.5. The number of carbonyl (C=O) groups excluding carboxylic acids is 3. The van der Waals surface area contributed by atoms with E-state index >= 15 is 0 Å². The van der Waals surface area contributed by atoms with E-state index < -0.39 is 12.0 Å². The second-order valence-corrected chi connectivity index (χ2v) is 5.85. The fourth-order valence-corrected chi connectivity index (χ4v) is 1.95. The Morgan fingerprint density at radius 2 is 1.58 bits per heavy atom. The molecule has 0 aromatic heterocycles. The smallest absolute Gasteiger partial charge is 0.328 e. The van der Waals surface area contributed by atoms with Crippen molar-refractivity contribution in [1.29, 1.82) is 0 Å². The molecular formula is C20H34N2O4.